The first-order chi connectivity index (χ1) is 12.2. The van der Waals surface area contributed by atoms with E-state index in [2.05, 4.69) is 29.0 Å². The van der Waals surface area contributed by atoms with Crippen molar-refractivity contribution < 1.29 is 9.21 Å². The molecule has 0 bridgehead atoms. The number of hydrogen-bond acceptors (Lipinski definition) is 6. The molecule has 3 aromatic rings. The minimum atomic E-state index is -0.151. The molecule has 0 radical (unpaired) electrons. The highest BCUT2D eigenvalue weighted by molar-refractivity contribution is 7.14. The fraction of sp³-hybridized carbons (Fsp3) is 0.333. The number of furan rings is 1. The molecule has 3 heterocycles. The lowest BCUT2D eigenvalue weighted by Gasteiger charge is -2.28. The summed E-state index contributed by atoms with van der Waals surface area (Å²) >= 11 is 3.11. The molecular weight excluding hydrogens is 354 g/mol. The molecule has 3 rings (SSSR count). The van der Waals surface area contributed by atoms with Crippen LogP contribution >= 0.6 is 22.7 Å². The van der Waals surface area contributed by atoms with E-state index in [1.54, 1.807) is 17.6 Å². The quantitative estimate of drug-likeness (QED) is 0.638. The van der Waals surface area contributed by atoms with E-state index in [0.29, 0.717) is 12.2 Å². The Morgan fingerprint density at radius 3 is 2.80 bits per heavy atom. The highest BCUT2D eigenvalue weighted by Crippen LogP contribution is 2.26. The molecule has 0 aliphatic carbocycles. The van der Waals surface area contributed by atoms with Gasteiger partial charge in [-0.15, -0.1) is 11.3 Å². The number of nitrogens with one attached hydrogen (secondary N) is 1. The van der Waals surface area contributed by atoms with Crippen LogP contribution in [-0.2, 0) is 0 Å². The van der Waals surface area contributed by atoms with Crippen LogP contribution in [-0.4, -0.2) is 35.4 Å². The molecule has 5 nitrogen and oxygen atoms in total. The Morgan fingerprint density at radius 2 is 2.16 bits per heavy atom. The number of amides is 1. The van der Waals surface area contributed by atoms with Crippen LogP contribution in [0.4, 0.5) is 0 Å². The standard InChI is InChI=1S/C18H21N3O2S2/c1-3-21(4-2)15(16-6-5-8-23-16)10-19-17(22)14-12-25-18(20-14)13-7-9-24-11-13/h5-9,11-12,15H,3-4,10H2,1-2H3,(H,19,22). The number of thiophene rings is 1. The lowest BCUT2D eigenvalue weighted by molar-refractivity contribution is 0.0925. The summed E-state index contributed by atoms with van der Waals surface area (Å²) in [6.45, 7) is 6.47. The van der Waals surface area contributed by atoms with Crippen LogP contribution in [0, 0.1) is 0 Å². The topological polar surface area (TPSA) is 58.4 Å². The maximum absolute atomic E-state index is 12.5. The Hall–Kier alpha value is -1.96. The fourth-order valence-corrected chi connectivity index (χ4v) is 4.24. The maximum Gasteiger partial charge on any atom is 0.270 e. The minimum Gasteiger partial charge on any atom is -0.468 e. The summed E-state index contributed by atoms with van der Waals surface area (Å²) < 4.78 is 5.57. The first-order valence-electron chi connectivity index (χ1n) is 8.26. The summed E-state index contributed by atoms with van der Waals surface area (Å²) in [4.78, 5) is 19.2. The van der Waals surface area contributed by atoms with Gasteiger partial charge < -0.3 is 9.73 Å². The molecule has 0 aliphatic heterocycles. The molecule has 132 valence electrons. The predicted octanol–water partition coefficient (Wildman–Crippen LogP) is 4.28. The number of rotatable bonds is 8. The average Bonchev–Trinajstić information content (AvgIpc) is 3.39. The van der Waals surface area contributed by atoms with E-state index < -0.39 is 0 Å². The average molecular weight is 376 g/mol. The summed E-state index contributed by atoms with van der Waals surface area (Å²) in [7, 11) is 0. The number of hydrogen-bond donors (Lipinski definition) is 1. The second kappa shape index (κ2) is 8.42. The second-order valence-electron chi connectivity index (χ2n) is 5.51. The molecule has 0 saturated carbocycles. The molecule has 1 amide bonds. The van der Waals surface area contributed by atoms with Crippen molar-refractivity contribution >= 4 is 28.6 Å². The highest BCUT2D eigenvalue weighted by Gasteiger charge is 2.22. The van der Waals surface area contributed by atoms with Crippen LogP contribution in [0.2, 0.25) is 0 Å². The SMILES string of the molecule is CCN(CC)C(CNC(=O)c1csc(-c2ccsc2)n1)c1ccco1. The van der Waals surface area contributed by atoms with Gasteiger partial charge >= 0.3 is 0 Å². The third-order valence-corrected chi connectivity index (χ3v) is 5.66. The third kappa shape index (κ3) is 4.18. The predicted molar refractivity (Wildman–Crippen MR) is 102 cm³/mol. The summed E-state index contributed by atoms with van der Waals surface area (Å²) in [5.74, 6) is 0.711. The summed E-state index contributed by atoms with van der Waals surface area (Å²) in [6.07, 6.45) is 1.67. The van der Waals surface area contributed by atoms with Crippen LogP contribution in [0.3, 0.4) is 0 Å². The van der Waals surface area contributed by atoms with Gasteiger partial charge in [0.2, 0.25) is 0 Å². The van der Waals surface area contributed by atoms with E-state index in [4.69, 9.17) is 4.42 Å². The molecule has 0 fully saturated rings. The molecule has 0 saturated heterocycles. The van der Waals surface area contributed by atoms with Crippen molar-refractivity contribution in [1.29, 1.82) is 0 Å². The van der Waals surface area contributed by atoms with E-state index in [1.807, 2.05) is 34.3 Å². The summed E-state index contributed by atoms with van der Waals surface area (Å²) in [5, 5.41) is 9.73. The number of carbonyl (C=O) groups is 1. The Labute approximate surface area is 155 Å². The molecule has 0 aromatic carbocycles. The van der Waals surface area contributed by atoms with Crippen molar-refractivity contribution in [3.63, 3.8) is 0 Å². The van der Waals surface area contributed by atoms with Gasteiger partial charge in [0, 0.05) is 22.9 Å². The number of thiazole rings is 1. The van der Waals surface area contributed by atoms with E-state index in [1.165, 1.54) is 11.3 Å². The normalized spacial score (nSPS) is 12.4. The highest BCUT2D eigenvalue weighted by atomic mass is 32.1. The molecule has 1 unspecified atom stereocenters. The smallest absolute Gasteiger partial charge is 0.270 e. The van der Waals surface area contributed by atoms with Crippen LogP contribution in [0.25, 0.3) is 10.6 Å². The van der Waals surface area contributed by atoms with Gasteiger partial charge in [-0.2, -0.15) is 11.3 Å². The van der Waals surface area contributed by atoms with Crippen LogP contribution < -0.4 is 5.32 Å². The lowest BCUT2D eigenvalue weighted by Crippen LogP contribution is -2.38. The molecular formula is C18H21N3O2S2. The first-order valence-corrected chi connectivity index (χ1v) is 10.1. The Bertz CT molecular complexity index is 777. The van der Waals surface area contributed by atoms with Crippen molar-refractivity contribution in [2.75, 3.05) is 19.6 Å². The van der Waals surface area contributed by atoms with Gasteiger partial charge in [-0.25, -0.2) is 4.98 Å². The Balaban J connectivity index is 1.67. The van der Waals surface area contributed by atoms with E-state index in [0.717, 1.165) is 29.4 Å². The van der Waals surface area contributed by atoms with Crippen LogP contribution in [0.1, 0.15) is 36.1 Å². The zero-order chi connectivity index (χ0) is 17.6. The maximum atomic E-state index is 12.5. The summed E-state index contributed by atoms with van der Waals surface area (Å²) in [5.41, 5.74) is 1.52. The zero-order valence-corrected chi connectivity index (χ0v) is 15.9. The largest absolute Gasteiger partial charge is 0.468 e. The summed E-state index contributed by atoms with van der Waals surface area (Å²) in [6, 6.07) is 5.86. The number of likely N-dealkylation sites (N-methyl/N-ethyl adjacent to an activating group) is 1. The Morgan fingerprint density at radius 1 is 1.32 bits per heavy atom. The monoisotopic (exact) mass is 375 g/mol. The molecule has 1 N–H and O–H groups in total. The van der Waals surface area contributed by atoms with Gasteiger partial charge in [-0.3, -0.25) is 9.69 Å². The van der Waals surface area contributed by atoms with Crippen LogP contribution in [0.5, 0.6) is 0 Å². The zero-order valence-electron chi connectivity index (χ0n) is 14.3. The molecule has 0 spiro atoms. The van der Waals surface area contributed by atoms with Crippen molar-refractivity contribution in [3.8, 4) is 10.6 Å². The number of nitrogens with zero attached hydrogens (tertiary/aromatic N) is 2. The minimum absolute atomic E-state index is 0.0175. The van der Waals surface area contributed by atoms with Crippen molar-refractivity contribution in [2.45, 2.75) is 19.9 Å². The van der Waals surface area contributed by atoms with Gasteiger partial charge in [0.15, 0.2) is 0 Å². The second-order valence-corrected chi connectivity index (χ2v) is 7.15. The molecule has 3 aromatic heterocycles. The molecule has 7 heteroatoms. The van der Waals surface area contributed by atoms with E-state index >= 15 is 0 Å². The van der Waals surface area contributed by atoms with Crippen molar-refractivity contribution in [2.24, 2.45) is 0 Å². The van der Waals surface area contributed by atoms with Gasteiger partial charge in [0.1, 0.15) is 16.5 Å². The van der Waals surface area contributed by atoms with Gasteiger partial charge in [0.05, 0.1) is 12.3 Å². The van der Waals surface area contributed by atoms with E-state index in [9.17, 15) is 4.79 Å². The van der Waals surface area contributed by atoms with E-state index in [-0.39, 0.29) is 11.9 Å². The van der Waals surface area contributed by atoms with Crippen molar-refractivity contribution in [1.82, 2.24) is 15.2 Å². The molecule has 1 atom stereocenters. The van der Waals surface area contributed by atoms with Gasteiger partial charge in [-0.1, -0.05) is 13.8 Å². The third-order valence-electron chi connectivity index (χ3n) is 4.09. The van der Waals surface area contributed by atoms with Crippen LogP contribution in [0.15, 0.2) is 45.0 Å². The number of carbonyl (C=O) groups excluding carboxylic acids is 1. The molecule has 0 aliphatic rings. The number of aromatic nitrogens is 1. The van der Waals surface area contributed by atoms with Crippen molar-refractivity contribution in [3.05, 3.63) is 52.1 Å². The Kier molecular flexibility index (Phi) is 6.01. The molecule has 25 heavy (non-hydrogen) atoms. The first kappa shape index (κ1) is 17.8. The van der Waals surface area contributed by atoms with Gasteiger partial charge in [-0.05, 0) is 36.7 Å². The fourth-order valence-electron chi connectivity index (χ4n) is 2.73. The van der Waals surface area contributed by atoms with Gasteiger partial charge in [0.25, 0.3) is 5.91 Å². The lowest BCUT2D eigenvalue weighted by atomic mass is 10.2.